The number of fused-ring (bicyclic) bond motifs is 1. The summed E-state index contributed by atoms with van der Waals surface area (Å²) < 4.78 is 22.4. The Balaban J connectivity index is 1.07. The molecule has 2 fully saturated rings. The van der Waals surface area contributed by atoms with Gasteiger partial charge in [0.1, 0.15) is 35.0 Å². The van der Waals surface area contributed by atoms with E-state index in [2.05, 4.69) is 30.4 Å². The molecule has 3 amide bonds. The van der Waals surface area contributed by atoms with Crippen molar-refractivity contribution in [1.82, 2.24) is 40.2 Å². The SMILES string of the molecule is Nc1ncnc2c1c(-c1ccc(Oc3ccccc3)cc1)nn2C1CCN(Cc2cc(N3CCC(=O)NC3=O)c(F)nn2)CC1. The van der Waals surface area contributed by atoms with Gasteiger partial charge >= 0.3 is 6.03 Å². The van der Waals surface area contributed by atoms with Gasteiger partial charge in [0.15, 0.2) is 5.65 Å². The molecule has 0 spiro atoms. The van der Waals surface area contributed by atoms with E-state index in [-0.39, 0.29) is 30.6 Å². The fraction of sp³-hybridized carbons (Fsp3) is 0.258. The van der Waals surface area contributed by atoms with Crippen LogP contribution in [0.25, 0.3) is 22.3 Å². The maximum absolute atomic E-state index is 14.5. The van der Waals surface area contributed by atoms with Gasteiger partial charge in [0.25, 0.3) is 5.95 Å². The number of carbonyl (C=O) groups is 2. The number of piperidine rings is 1. The van der Waals surface area contributed by atoms with Crippen LogP contribution >= 0.6 is 0 Å². The lowest BCUT2D eigenvalue weighted by molar-refractivity contribution is -0.120. The van der Waals surface area contributed by atoms with Crippen LogP contribution in [-0.2, 0) is 11.3 Å². The number of aromatic nitrogens is 6. The van der Waals surface area contributed by atoms with Crippen LogP contribution < -0.4 is 20.7 Å². The zero-order chi connectivity index (χ0) is 30.9. The minimum Gasteiger partial charge on any atom is -0.457 e. The molecule has 0 unspecified atom stereocenters. The van der Waals surface area contributed by atoms with Crippen molar-refractivity contribution in [3.05, 3.63) is 78.6 Å². The Morgan fingerprint density at radius 3 is 2.47 bits per heavy atom. The van der Waals surface area contributed by atoms with Crippen LogP contribution in [0, 0.1) is 5.95 Å². The number of hydrogen-bond acceptors (Lipinski definition) is 10. The Bertz CT molecular complexity index is 1870. The summed E-state index contributed by atoms with van der Waals surface area (Å²) in [6.07, 6.45) is 3.10. The number of carbonyl (C=O) groups excluding carboxylic acids is 2. The summed E-state index contributed by atoms with van der Waals surface area (Å²) in [7, 11) is 0. The maximum atomic E-state index is 14.5. The van der Waals surface area contributed by atoms with Gasteiger partial charge in [-0.3, -0.25) is 19.9 Å². The highest BCUT2D eigenvalue weighted by atomic mass is 19.1. The highest BCUT2D eigenvalue weighted by Gasteiger charge is 2.29. The molecule has 228 valence electrons. The molecule has 0 bridgehead atoms. The highest BCUT2D eigenvalue weighted by Crippen LogP contribution is 2.35. The molecule has 2 aromatic carbocycles. The lowest BCUT2D eigenvalue weighted by Gasteiger charge is -2.32. The van der Waals surface area contributed by atoms with Crippen molar-refractivity contribution in [1.29, 1.82) is 0 Å². The Hall–Kier alpha value is -5.50. The van der Waals surface area contributed by atoms with Crippen molar-refractivity contribution in [2.75, 3.05) is 30.3 Å². The number of rotatable bonds is 7. The number of benzene rings is 2. The molecule has 13 nitrogen and oxygen atoms in total. The summed E-state index contributed by atoms with van der Waals surface area (Å²) in [5.74, 6) is 0.573. The number of likely N-dealkylation sites (tertiary alicyclic amines) is 1. The van der Waals surface area contributed by atoms with Gasteiger partial charge in [0, 0.05) is 38.2 Å². The van der Waals surface area contributed by atoms with Crippen LogP contribution in [0.1, 0.15) is 31.0 Å². The number of anilines is 2. The number of nitrogen functional groups attached to an aromatic ring is 1. The number of nitrogens with two attached hydrogens (primary N) is 1. The van der Waals surface area contributed by atoms with Gasteiger partial charge in [-0.05, 0) is 55.3 Å². The molecule has 14 heteroatoms. The second kappa shape index (κ2) is 11.9. The molecule has 7 rings (SSSR count). The largest absolute Gasteiger partial charge is 0.457 e. The molecule has 2 saturated heterocycles. The molecule has 3 aromatic heterocycles. The van der Waals surface area contributed by atoms with E-state index in [0.29, 0.717) is 40.5 Å². The van der Waals surface area contributed by atoms with Crippen molar-refractivity contribution >= 4 is 34.5 Å². The highest BCUT2D eigenvalue weighted by molar-refractivity contribution is 6.05. The average Bonchev–Trinajstić information content (AvgIpc) is 3.44. The van der Waals surface area contributed by atoms with Crippen LogP contribution in [0.5, 0.6) is 11.5 Å². The van der Waals surface area contributed by atoms with Gasteiger partial charge in [0.2, 0.25) is 5.91 Å². The number of amides is 3. The lowest BCUT2D eigenvalue weighted by atomic mass is 10.0. The monoisotopic (exact) mass is 608 g/mol. The summed E-state index contributed by atoms with van der Waals surface area (Å²) in [5.41, 5.74) is 9.13. The second-order valence-electron chi connectivity index (χ2n) is 11.0. The van der Waals surface area contributed by atoms with Gasteiger partial charge in [-0.25, -0.2) is 19.4 Å². The zero-order valence-corrected chi connectivity index (χ0v) is 24.1. The second-order valence-corrected chi connectivity index (χ2v) is 11.0. The smallest absolute Gasteiger partial charge is 0.328 e. The van der Waals surface area contributed by atoms with E-state index in [9.17, 15) is 14.0 Å². The summed E-state index contributed by atoms with van der Waals surface area (Å²) in [4.78, 5) is 35.9. The number of nitrogens with one attached hydrogen (secondary N) is 1. The van der Waals surface area contributed by atoms with E-state index < -0.39 is 12.0 Å². The first-order chi connectivity index (χ1) is 21.9. The van der Waals surface area contributed by atoms with Crippen LogP contribution in [0.15, 0.2) is 67.0 Å². The Kier molecular flexibility index (Phi) is 7.47. The normalized spacial score (nSPS) is 16.2. The molecule has 0 aliphatic carbocycles. The fourth-order valence-electron chi connectivity index (χ4n) is 5.77. The van der Waals surface area contributed by atoms with E-state index in [0.717, 1.165) is 37.2 Å². The van der Waals surface area contributed by atoms with E-state index >= 15 is 0 Å². The van der Waals surface area contributed by atoms with Crippen LogP contribution in [0.4, 0.5) is 20.7 Å². The first-order valence-electron chi connectivity index (χ1n) is 14.6. The quantitative estimate of drug-likeness (QED) is 0.276. The van der Waals surface area contributed by atoms with E-state index in [1.54, 1.807) is 0 Å². The average molecular weight is 609 g/mol. The third-order valence-corrected chi connectivity index (χ3v) is 8.04. The topological polar surface area (TPSA) is 157 Å². The van der Waals surface area contributed by atoms with Crippen molar-refractivity contribution < 1.29 is 18.7 Å². The molecular weight excluding hydrogens is 579 g/mol. The predicted octanol–water partition coefficient (Wildman–Crippen LogP) is 4.08. The first-order valence-corrected chi connectivity index (χ1v) is 14.6. The molecule has 2 aliphatic rings. The molecular formula is C31H29FN10O3. The predicted molar refractivity (Wildman–Crippen MR) is 163 cm³/mol. The number of nitrogens with zero attached hydrogens (tertiary/aromatic N) is 8. The first kappa shape index (κ1) is 28.3. The minimum atomic E-state index is -0.858. The third-order valence-electron chi connectivity index (χ3n) is 8.04. The van der Waals surface area contributed by atoms with Gasteiger partial charge in [0.05, 0.1) is 17.1 Å². The number of urea groups is 1. The van der Waals surface area contributed by atoms with E-state index in [1.165, 1.54) is 17.3 Å². The number of ether oxygens (including phenoxy) is 1. The molecule has 0 atom stereocenters. The van der Waals surface area contributed by atoms with Crippen molar-refractivity contribution in [2.24, 2.45) is 0 Å². The minimum absolute atomic E-state index is 0.00681. The van der Waals surface area contributed by atoms with Gasteiger partial charge in [-0.1, -0.05) is 18.2 Å². The molecule has 0 saturated carbocycles. The standard InChI is InChI=1S/C31H29FN10O3/c32-28-24(41-15-12-25(43)36-31(41)44)16-20(37-38-28)17-40-13-10-21(11-14-40)42-30-26(29(33)34-18-35-30)27(39-42)19-6-8-23(9-7-19)45-22-4-2-1-3-5-22/h1-9,16,18,21H,10-15,17H2,(H2,33,34,35)(H,36,43,44). The number of imide groups is 1. The van der Waals surface area contributed by atoms with Gasteiger partial charge in [-0.2, -0.15) is 14.6 Å². The van der Waals surface area contributed by atoms with E-state index in [4.69, 9.17) is 15.6 Å². The molecule has 2 aliphatic heterocycles. The lowest BCUT2D eigenvalue weighted by Crippen LogP contribution is -2.50. The summed E-state index contributed by atoms with van der Waals surface area (Å²) in [6.45, 7) is 1.96. The Morgan fingerprint density at radius 2 is 1.71 bits per heavy atom. The fourth-order valence-corrected chi connectivity index (χ4v) is 5.77. The van der Waals surface area contributed by atoms with Crippen molar-refractivity contribution in [3.8, 4) is 22.8 Å². The van der Waals surface area contributed by atoms with E-state index in [1.807, 2.05) is 59.3 Å². The maximum Gasteiger partial charge on any atom is 0.328 e. The van der Waals surface area contributed by atoms with Crippen LogP contribution in [-0.4, -0.2) is 66.4 Å². The summed E-state index contributed by atoms with van der Waals surface area (Å²) in [6, 6.07) is 18.2. The molecule has 5 heterocycles. The van der Waals surface area contributed by atoms with Crippen LogP contribution in [0.3, 0.4) is 0 Å². The molecule has 3 N–H and O–H groups in total. The summed E-state index contributed by atoms with van der Waals surface area (Å²) >= 11 is 0. The van der Waals surface area contributed by atoms with Gasteiger partial charge < -0.3 is 10.5 Å². The zero-order valence-electron chi connectivity index (χ0n) is 24.1. The summed E-state index contributed by atoms with van der Waals surface area (Å²) in [5, 5.41) is 15.6. The number of para-hydroxylation sites is 1. The molecule has 5 aromatic rings. The van der Waals surface area contributed by atoms with Crippen molar-refractivity contribution in [2.45, 2.75) is 31.8 Å². The third kappa shape index (κ3) is 5.74. The Labute approximate surface area is 256 Å². The number of hydrogen-bond donors (Lipinski definition) is 2. The number of halogens is 1. The van der Waals surface area contributed by atoms with Crippen molar-refractivity contribution in [3.63, 3.8) is 0 Å². The molecule has 45 heavy (non-hydrogen) atoms. The van der Waals surface area contributed by atoms with Crippen LogP contribution in [0.2, 0.25) is 0 Å². The molecule has 0 radical (unpaired) electrons. The Morgan fingerprint density at radius 1 is 0.956 bits per heavy atom. The van der Waals surface area contributed by atoms with Gasteiger partial charge in [-0.15, -0.1) is 5.10 Å².